The van der Waals surface area contributed by atoms with Crippen LogP contribution in [-0.4, -0.2) is 39.2 Å². The molecule has 2 rings (SSSR count). The molecular weight excluding hydrogens is 256 g/mol. The zero-order chi connectivity index (χ0) is 14.7. The molecule has 1 saturated heterocycles. The first-order chi connectivity index (χ1) is 9.49. The van der Waals surface area contributed by atoms with Crippen molar-refractivity contribution in [3.05, 3.63) is 34.2 Å². The van der Waals surface area contributed by atoms with Crippen molar-refractivity contribution in [1.29, 1.82) is 0 Å². The first-order valence-corrected chi connectivity index (χ1v) is 7.14. The standard InChI is InChI=1S/C15H22N2O3/c1-11(18)9-13-5-3-4-7-17(13)15(20)12-6-8-16(2)14(19)10-12/h6,8,10-11,13,18H,3-5,7,9H2,1-2H3. The van der Waals surface area contributed by atoms with Gasteiger partial charge >= 0.3 is 0 Å². The van der Waals surface area contributed by atoms with E-state index in [9.17, 15) is 14.7 Å². The Hall–Kier alpha value is -1.62. The van der Waals surface area contributed by atoms with Gasteiger partial charge in [-0.1, -0.05) is 0 Å². The van der Waals surface area contributed by atoms with E-state index >= 15 is 0 Å². The van der Waals surface area contributed by atoms with Crippen LogP contribution in [0.5, 0.6) is 0 Å². The SMILES string of the molecule is CC(O)CC1CCCCN1C(=O)c1ccn(C)c(=O)c1. The van der Waals surface area contributed by atoms with Crippen LogP contribution in [0, 0.1) is 0 Å². The van der Waals surface area contributed by atoms with Gasteiger partial charge in [-0.15, -0.1) is 0 Å². The fraction of sp³-hybridized carbons (Fsp3) is 0.600. The number of amides is 1. The molecule has 2 heterocycles. The van der Waals surface area contributed by atoms with Gasteiger partial charge < -0.3 is 14.6 Å². The number of aryl methyl sites for hydroxylation is 1. The van der Waals surface area contributed by atoms with Gasteiger partial charge in [-0.2, -0.15) is 0 Å². The highest BCUT2D eigenvalue weighted by Gasteiger charge is 2.28. The lowest BCUT2D eigenvalue weighted by atomic mass is 9.96. The number of carbonyl (C=O) groups excluding carboxylic acids is 1. The molecule has 0 aromatic carbocycles. The molecule has 110 valence electrons. The van der Waals surface area contributed by atoms with Crippen LogP contribution in [0.25, 0.3) is 0 Å². The Morgan fingerprint density at radius 3 is 2.90 bits per heavy atom. The predicted molar refractivity (Wildman–Crippen MR) is 76.7 cm³/mol. The first kappa shape index (κ1) is 14.8. The number of rotatable bonds is 3. The van der Waals surface area contributed by atoms with E-state index < -0.39 is 6.10 Å². The van der Waals surface area contributed by atoms with Gasteiger partial charge in [0.15, 0.2) is 0 Å². The summed E-state index contributed by atoms with van der Waals surface area (Å²) in [6.07, 6.45) is 4.77. The highest BCUT2D eigenvalue weighted by Crippen LogP contribution is 2.22. The van der Waals surface area contributed by atoms with Crippen LogP contribution >= 0.6 is 0 Å². The summed E-state index contributed by atoms with van der Waals surface area (Å²) in [5.41, 5.74) is 0.255. The monoisotopic (exact) mass is 278 g/mol. The van der Waals surface area contributed by atoms with Crippen molar-refractivity contribution in [1.82, 2.24) is 9.47 Å². The smallest absolute Gasteiger partial charge is 0.254 e. The summed E-state index contributed by atoms with van der Waals surface area (Å²) < 4.78 is 1.44. The van der Waals surface area contributed by atoms with Gasteiger partial charge in [0, 0.05) is 37.5 Å². The highest BCUT2D eigenvalue weighted by molar-refractivity contribution is 5.94. The molecule has 20 heavy (non-hydrogen) atoms. The molecule has 1 amide bonds. The van der Waals surface area contributed by atoms with Crippen molar-refractivity contribution in [2.45, 2.75) is 44.8 Å². The van der Waals surface area contributed by atoms with Crippen LogP contribution in [-0.2, 0) is 7.05 Å². The third kappa shape index (κ3) is 3.28. The van der Waals surface area contributed by atoms with E-state index in [0.29, 0.717) is 18.5 Å². The van der Waals surface area contributed by atoms with Crippen molar-refractivity contribution in [3.8, 4) is 0 Å². The average Bonchev–Trinajstić information content (AvgIpc) is 2.41. The third-order valence-electron chi connectivity index (χ3n) is 3.85. The van der Waals surface area contributed by atoms with Gasteiger partial charge in [-0.05, 0) is 38.7 Å². The molecule has 0 saturated carbocycles. The molecule has 2 unspecified atom stereocenters. The average molecular weight is 278 g/mol. The highest BCUT2D eigenvalue weighted by atomic mass is 16.3. The molecule has 5 heteroatoms. The second-order valence-electron chi connectivity index (χ2n) is 5.60. The summed E-state index contributed by atoms with van der Waals surface area (Å²) in [6.45, 7) is 2.45. The Labute approximate surface area is 118 Å². The maximum absolute atomic E-state index is 12.6. The summed E-state index contributed by atoms with van der Waals surface area (Å²) in [5.74, 6) is -0.104. The number of aromatic nitrogens is 1. The molecular formula is C15H22N2O3. The zero-order valence-corrected chi connectivity index (χ0v) is 12.1. The fourth-order valence-corrected chi connectivity index (χ4v) is 2.75. The summed E-state index contributed by atoms with van der Waals surface area (Å²) in [6, 6.07) is 3.13. The van der Waals surface area contributed by atoms with Gasteiger partial charge in [0.1, 0.15) is 0 Å². The van der Waals surface area contributed by atoms with Crippen LogP contribution < -0.4 is 5.56 Å². The van der Waals surface area contributed by atoms with Gasteiger partial charge in [0.05, 0.1) is 6.10 Å². The van der Waals surface area contributed by atoms with Gasteiger partial charge in [-0.25, -0.2) is 0 Å². The molecule has 1 fully saturated rings. The maximum Gasteiger partial charge on any atom is 0.254 e. The van der Waals surface area contributed by atoms with Gasteiger partial charge in [-0.3, -0.25) is 9.59 Å². The lowest BCUT2D eigenvalue weighted by Gasteiger charge is -2.36. The minimum absolute atomic E-state index is 0.0697. The normalized spacial score (nSPS) is 20.8. The summed E-state index contributed by atoms with van der Waals surface area (Å²) in [7, 11) is 1.66. The molecule has 1 aliphatic heterocycles. The van der Waals surface area contributed by atoms with E-state index in [1.165, 1.54) is 10.6 Å². The van der Waals surface area contributed by atoms with Crippen LogP contribution in [0.1, 0.15) is 43.0 Å². The minimum Gasteiger partial charge on any atom is -0.393 e. The maximum atomic E-state index is 12.6. The quantitative estimate of drug-likeness (QED) is 0.902. The van der Waals surface area contributed by atoms with E-state index in [0.717, 1.165) is 19.3 Å². The van der Waals surface area contributed by atoms with Gasteiger partial charge in [0.2, 0.25) is 0 Å². The lowest BCUT2D eigenvalue weighted by Crippen LogP contribution is -2.45. The lowest BCUT2D eigenvalue weighted by molar-refractivity contribution is 0.0514. The van der Waals surface area contributed by atoms with Crippen molar-refractivity contribution in [2.24, 2.45) is 7.05 Å². The second kappa shape index (κ2) is 6.22. The molecule has 2 atom stereocenters. The molecule has 0 radical (unpaired) electrons. The van der Waals surface area contributed by atoms with Gasteiger partial charge in [0.25, 0.3) is 11.5 Å². The molecule has 0 spiro atoms. The summed E-state index contributed by atoms with van der Waals surface area (Å²) in [4.78, 5) is 26.0. The number of carbonyl (C=O) groups is 1. The van der Waals surface area contributed by atoms with Crippen LogP contribution in [0.15, 0.2) is 23.1 Å². The zero-order valence-electron chi connectivity index (χ0n) is 12.1. The Morgan fingerprint density at radius 2 is 2.25 bits per heavy atom. The van der Waals surface area contributed by atoms with Crippen LogP contribution in [0.4, 0.5) is 0 Å². The number of nitrogens with zero attached hydrogens (tertiary/aromatic N) is 2. The summed E-state index contributed by atoms with van der Waals surface area (Å²) >= 11 is 0. The predicted octanol–water partition coefficient (Wildman–Crippen LogP) is 1.15. The van der Waals surface area contributed by atoms with Crippen molar-refractivity contribution in [2.75, 3.05) is 6.54 Å². The number of aliphatic hydroxyl groups excluding tert-OH is 1. The Balaban J connectivity index is 2.20. The van der Waals surface area contributed by atoms with Crippen LogP contribution in [0.2, 0.25) is 0 Å². The van der Waals surface area contributed by atoms with E-state index in [4.69, 9.17) is 0 Å². The minimum atomic E-state index is -0.419. The Morgan fingerprint density at radius 1 is 1.50 bits per heavy atom. The van der Waals surface area contributed by atoms with E-state index in [2.05, 4.69) is 0 Å². The second-order valence-corrected chi connectivity index (χ2v) is 5.60. The number of likely N-dealkylation sites (tertiary alicyclic amines) is 1. The van der Waals surface area contributed by atoms with E-state index in [-0.39, 0.29) is 17.5 Å². The largest absolute Gasteiger partial charge is 0.393 e. The fourth-order valence-electron chi connectivity index (χ4n) is 2.75. The topological polar surface area (TPSA) is 62.5 Å². The number of hydrogen-bond donors (Lipinski definition) is 1. The summed E-state index contributed by atoms with van der Waals surface area (Å²) in [5, 5.41) is 9.56. The molecule has 1 aromatic heterocycles. The molecule has 1 N–H and O–H groups in total. The Bertz CT molecular complexity index is 536. The first-order valence-electron chi connectivity index (χ1n) is 7.14. The third-order valence-corrected chi connectivity index (χ3v) is 3.85. The van der Waals surface area contributed by atoms with E-state index in [1.54, 1.807) is 26.2 Å². The van der Waals surface area contributed by atoms with E-state index in [1.807, 2.05) is 4.90 Å². The van der Waals surface area contributed by atoms with Crippen molar-refractivity contribution < 1.29 is 9.90 Å². The molecule has 0 bridgehead atoms. The number of aliphatic hydroxyl groups is 1. The number of piperidine rings is 1. The molecule has 5 nitrogen and oxygen atoms in total. The molecule has 0 aliphatic carbocycles. The Kier molecular flexibility index (Phi) is 4.60. The van der Waals surface area contributed by atoms with Crippen molar-refractivity contribution >= 4 is 5.91 Å². The van der Waals surface area contributed by atoms with Crippen molar-refractivity contribution in [3.63, 3.8) is 0 Å². The molecule has 1 aromatic rings. The van der Waals surface area contributed by atoms with Crippen LogP contribution in [0.3, 0.4) is 0 Å². The number of pyridine rings is 1. The number of hydrogen-bond acceptors (Lipinski definition) is 3. The molecule has 1 aliphatic rings.